The maximum atomic E-state index is 12.3. The number of rotatable bonds is 6. The summed E-state index contributed by atoms with van der Waals surface area (Å²) in [6.45, 7) is 6.13. The third-order valence-electron chi connectivity index (χ3n) is 4.36. The standard InChI is InChI=1S/C19H26N6OS/c1-13-11-20-19(27-13)23-17-10-16(21-14(2)22-17)15-7-9-25(12-15)18(26)6-5-8-24(3)4/h5-6,10-11,15H,7-9,12H2,1-4H3,(H,20,21,22,23)/b6-5+/t15-/m0/s1. The van der Waals surface area contributed by atoms with Gasteiger partial charge >= 0.3 is 0 Å². The number of amides is 1. The van der Waals surface area contributed by atoms with E-state index in [9.17, 15) is 4.79 Å². The van der Waals surface area contributed by atoms with Gasteiger partial charge in [-0.2, -0.15) is 0 Å². The number of hydrogen-bond donors (Lipinski definition) is 1. The minimum absolute atomic E-state index is 0.0711. The Hall–Kier alpha value is -2.32. The van der Waals surface area contributed by atoms with E-state index in [0.29, 0.717) is 6.54 Å². The molecule has 1 aliphatic rings. The number of anilines is 2. The first kappa shape index (κ1) is 19.4. The van der Waals surface area contributed by atoms with E-state index in [2.05, 4.69) is 20.3 Å². The van der Waals surface area contributed by atoms with Gasteiger partial charge in [-0.25, -0.2) is 15.0 Å². The average molecular weight is 387 g/mol. The van der Waals surface area contributed by atoms with Crippen LogP contribution in [0.1, 0.15) is 28.7 Å². The van der Waals surface area contributed by atoms with Gasteiger partial charge in [-0.05, 0) is 34.4 Å². The highest BCUT2D eigenvalue weighted by atomic mass is 32.1. The topological polar surface area (TPSA) is 74.2 Å². The molecule has 1 amide bonds. The summed E-state index contributed by atoms with van der Waals surface area (Å²) in [5.41, 5.74) is 0.978. The first-order valence-electron chi connectivity index (χ1n) is 9.06. The maximum absolute atomic E-state index is 12.3. The molecule has 7 nitrogen and oxygen atoms in total. The molecule has 3 rings (SSSR count). The van der Waals surface area contributed by atoms with E-state index in [0.717, 1.165) is 46.9 Å². The van der Waals surface area contributed by atoms with Crippen molar-refractivity contribution in [3.8, 4) is 0 Å². The molecule has 1 fully saturated rings. The van der Waals surface area contributed by atoms with E-state index in [4.69, 9.17) is 0 Å². The fourth-order valence-corrected chi connectivity index (χ4v) is 3.73. The van der Waals surface area contributed by atoms with Gasteiger partial charge < -0.3 is 15.1 Å². The third-order valence-corrected chi connectivity index (χ3v) is 5.19. The Morgan fingerprint density at radius 1 is 1.41 bits per heavy atom. The molecule has 27 heavy (non-hydrogen) atoms. The van der Waals surface area contributed by atoms with Gasteiger partial charge in [0.1, 0.15) is 11.6 Å². The van der Waals surface area contributed by atoms with Crippen LogP contribution in [-0.4, -0.2) is 64.4 Å². The lowest BCUT2D eigenvalue weighted by Crippen LogP contribution is -2.27. The van der Waals surface area contributed by atoms with Crippen molar-refractivity contribution in [2.75, 3.05) is 39.0 Å². The minimum Gasteiger partial charge on any atom is -0.338 e. The molecule has 1 atom stereocenters. The third kappa shape index (κ3) is 5.33. The van der Waals surface area contributed by atoms with Gasteiger partial charge in [-0.1, -0.05) is 6.08 Å². The molecule has 1 aliphatic heterocycles. The second-order valence-corrected chi connectivity index (χ2v) is 8.30. The zero-order valence-electron chi connectivity index (χ0n) is 16.3. The summed E-state index contributed by atoms with van der Waals surface area (Å²) in [4.78, 5) is 30.8. The van der Waals surface area contributed by atoms with Crippen molar-refractivity contribution in [1.29, 1.82) is 0 Å². The number of carbonyl (C=O) groups excluding carboxylic acids is 1. The van der Waals surface area contributed by atoms with Crippen LogP contribution in [0.4, 0.5) is 10.9 Å². The van der Waals surface area contributed by atoms with E-state index in [1.165, 1.54) is 0 Å². The molecule has 0 aromatic carbocycles. The summed E-state index contributed by atoms with van der Waals surface area (Å²) in [6.07, 6.45) is 6.33. The Labute approximate surface area is 164 Å². The summed E-state index contributed by atoms with van der Waals surface area (Å²) in [7, 11) is 3.97. The van der Waals surface area contributed by atoms with Gasteiger partial charge in [0.15, 0.2) is 5.13 Å². The number of likely N-dealkylation sites (tertiary alicyclic amines) is 1. The van der Waals surface area contributed by atoms with Crippen molar-refractivity contribution >= 4 is 28.2 Å². The normalized spacial score (nSPS) is 17.2. The Morgan fingerprint density at radius 3 is 2.93 bits per heavy atom. The van der Waals surface area contributed by atoms with Crippen molar-refractivity contribution in [2.45, 2.75) is 26.2 Å². The number of thiazole rings is 1. The highest BCUT2D eigenvalue weighted by Gasteiger charge is 2.27. The van der Waals surface area contributed by atoms with Crippen LogP contribution in [0.2, 0.25) is 0 Å². The van der Waals surface area contributed by atoms with Crippen LogP contribution in [-0.2, 0) is 4.79 Å². The van der Waals surface area contributed by atoms with Gasteiger partial charge in [-0.15, -0.1) is 11.3 Å². The molecule has 144 valence electrons. The number of carbonyl (C=O) groups is 1. The van der Waals surface area contributed by atoms with Gasteiger partial charge in [-0.3, -0.25) is 4.79 Å². The molecule has 0 spiro atoms. The van der Waals surface area contributed by atoms with E-state index in [-0.39, 0.29) is 11.8 Å². The molecule has 0 unspecified atom stereocenters. The molecule has 8 heteroatoms. The smallest absolute Gasteiger partial charge is 0.246 e. The number of likely N-dealkylation sites (N-methyl/N-ethyl adjacent to an activating group) is 1. The van der Waals surface area contributed by atoms with Crippen LogP contribution >= 0.6 is 11.3 Å². The van der Waals surface area contributed by atoms with Crippen LogP contribution in [0.5, 0.6) is 0 Å². The molecular formula is C19H26N6OS. The molecule has 0 saturated carbocycles. The SMILES string of the molecule is Cc1nc(Nc2ncc(C)s2)cc([C@H]2CCN(C(=O)/C=C/CN(C)C)C2)n1. The van der Waals surface area contributed by atoms with E-state index >= 15 is 0 Å². The lowest BCUT2D eigenvalue weighted by molar-refractivity contribution is -0.125. The fourth-order valence-electron chi connectivity index (χ4n) is 3.06. The zero-order valence-corrected chi connectivity index (χ0v) is 17.1. The molecule has 0 bridgehead atoms. The Kier molecular flexibility index (Phi) is 6.18. The fraction of sp³-hybridized carbons (Fsp3) is 0.474. The van der Waals surface area contributed by atoms with Crippen LogP contribution < -0.4 is 5.32 Å². The van der Waals surface area contributed by atoms with Crippen molar-refractivity contribution in [2.24, 2.45) is 0 Å². The lowest BCUT2D eigenvalue weighted by atomic mass is 10.0. The first-order valence-corrected chi connectivity index (χ1v) is 9.87. The van der Waals surface area contributed by atoms with Gasteiger partial charge in [0.2, 0.25) is 5.91 Å². The van der Waals surface area contributed by atoms with Crippen LogP contribution in [0.25, 0.3) is 0 Å². The molecule has 0 aliphatic carbocycles. The lowest BCUT2D eigenvalue weighted by Gasteiger charge is -2.15. The highest BCUT2D eigenvalue weighted by molar-refractivity contribution is 7.15. The van der Waals surface area contributed by atoms with Gasteiger partial charge in [0.05, 0.1) is 5.69 Å². The van der Waals surface area contributed by atoms with Crippen molar-refractivity contribution < 1.29 is 4.79 Å². The second-order valence-electron chi connectivity index (χ2n) is 7.06. The number of aryl methyl sites for hydroxylation is 2. The molecule has 2 aromatic heterocycles. The number of nitrogens with one attached hydrogen (secondary N) is 1. The molecule has 3 heterocycles. The molecule has 1 saturated heterocycles. The number of hydrogen-bond acceptors (Lipinski definition) is 7. The quantitative estimate of drug-likeness (QED) is 0.770. The Balaban J connectivity index is 1.66. The predicted octanol–water partition coefficient (Wildman–Crippen LogP) is 2.73. The van der Waals surface area contributed by atoms with Gasteiger partial charge in [0, 0.05) is 48.8 Å². The number of nitrogens with zero attached hydrogens (tertiary/aromatic N) is 5. The molecule has 2 aromatic rings. The molecule has 0 radical (unpaired) electrons. The molecular weight excluding hydrogens is 360 g/mol. The summed E-state index contributed by atoms with van der Waals surface area (Å²) in [5, 5.41) is 4.09. The summed E-state index contributed by atoms with van der Waals surface area (Å²) < 4.78 is 0. The molecule has 1 N–H and O–H groups in total. The maximum Gasteiger partial charge on any atom is 0.246 e. The number of aromatic nitrogens is 3. The summed E-state index contributed by atoms with van der Waals surface area (Å²) >= 11 is 1.59. The highest BCUT2D eigenvalue weighted by Crippen LogP contribution is 2.28. The second kappa shape index (κ2) is 8.58. The van der Waals surface area contributed by atoms with Crippen LogP contribution in [0, 0.1) is 13.8 Å². The van der Waals surface area contributed by atoms with Crippen LogP contribution in [0.15, 0.2) is 24.4 Å². The van der Waals surface area contributed by atoms with E-state index in [1.807, 2.05) is 56.1 Å². The zero-order chi connectivity index (χ0) is 19.4. The van der Waals surface area contributed by atoms with Gasteiger partial charge in [0.25, 0.3) is 0 Å². The largest absolute Gasteiger partial charge is 0.338 e. The van der Waals surface area contributed by atoms with Crippen molar-refractivity contribution in [3.63, 3.8) is 0 Å². The monoisotopic (exact) mass is 386 g/mol. The predicted molar refractivity (Wildman–Crippen MR) is 109 cm³/mol. The van der Waals surface area contributed by atoms with E-state index < -0.39 is 0 Å². The summed E-state index contributed by atoms with van der Waals surface area (Å²) in [6, 6.07) is 1.98. The average Bonchev–Trinajstić information content (AvgIpc) is 3.23. The Bertz CT molecular complexity index is 831. The Morgan fingerprint density at radius 2 is 2.22 bits per heavy atom. The van der Waals surface area contributed by atoms with Crippen LogP contribution in [0.3, 0.4) is 0 Å². The minimum atomic E-state index is 0.0711. The first-order chi connectivity index (χ1) is 12.9. The van der Waals surface area contributed by atoms with Crippen molar-refractivity contribution in [3.05, 3.63) is 40.8 Å². The summed E-state index contributed by atoms with van der Waals surface area (Å²) in [5.74, 6) is 1.78. The van der Waals surface area contributed by atoms with Crippen molar-refractivity contribution in [1.82, 2.24) is 24.8 Å². The van der Waals surface area contributed by atoms with E-state index in [1.54, 1.807) is 17.4 Å².